The second kappa shape index (κ2) is 7.08. The summed E-state index contributed by atoms with van der Waals surface area (Å²) < 4.78 is 10.1. The summed E-state index contributed by atoms with van der Waals surface area (Å²) in [4.78, 5) is 25.1. The number of aliphatic hydroxyl groups is 1. The van der Waals surface area contributed by atoms with Crippen molar-refractivity contribution in [2.75, 3.05) is 13.2 Å². The third-order valence-electron chi connectivity index (χ3n) is 3.28. The van der Waals surface area contributed by atoms with Crippen LogP contribution >= 0.6 is 0 Å². The molecule has 0 bridgehead atoms. The molecule has 0 saturated carbocycles. The molecule has 1 aromatic rings. The molecule has 2 unspecified atom stereocenters. The van der Waals surface area contributed by atoms with Gasteiger partial charge in [0.05, 0.1) is 19.3 Å². The SMILES string of the molecule is CCOC(=O)C1CC(O)CN1C(=O)OCc1ccccc1. The van der Waals surface area contributed by atoms with Crippen molar-refractivity contribution < 1.29 is 24.2 Å². The summed E-state index contributed by atoms with van der Waals surface area (Å²) in [5.74, 6) is -0.509. The largest absolute Gasteiger partial charge is 0.464 e. The maximum atomic E-state index is 12.1. The molecule has 1 saturated heterocycles. The Labute approximate surface area is 123 Å². The number of ether oxygens (including phenoxy) is 2. The van der Waals surface area contributed by atoms with Crippen molar-refractivity contribution in [2.45, 2.75) is 32.1 Å². The first-order chi connectivity index (χ1) is 10.1. The van der Waals surface area contributed by atoms with Gasteiger partial charge in [0.2, 0.25) is 0 Å². The third-order valence-corrected chi connectivity index (χ3v) is 3.28. The van der Waals surface area contributed by atoms with Crippen LogP contribution < -0.4 is 0 Å². The summed E-state index contributed by atoms with van der Waals surface area (Å²) >= 11 is 0. The zero-order chi connectivity index (χ0) is 15.2. The number of esters is 1. The van der Waals surface area contributed by atoms with E-state index in [4.69, 9.17) is 9.47 Å². The Morgan fingerprint density at radius 1 is 1.29 bits per heavy atom. The Hall–Kier alpha value is -2.08. The van der Waals surface area contributed by atoms with E-state index >= 15 is 0 Å². The van der Waals surface area contributed by atoms with Gasteiger partial charge < -0.3 is 14.6 Å². The van der Waals surface area contributed by atoms with Crippen molar-refractivity contribution in [3.63, 3.8) is 0 Å². The maximum Gasteiger partial charge on any atom is 0.410 e. The second-order valence-electron chi connectivity index (χ2n) is 4.85. The van der Waals surface area contributed by atoms with E-state index in [2.05, 4.69) is 0 Å². The van der Waals surface area contributed by atoms with Gasteiger partial charge in [-0.05, 0) is 12.5 Å². The van der Waals surface area contributed by atoms with Gasteiger partial charge in [0.15, 0.2) is 0 Å². The molecule has 1 heterocycles. The first kappa shape index (κ1) is 15.3. The molecule has 1 aromatic carbocycles. The lowest BCUT2D eigenvalue weighted by Gasteiger charge is -2.22. The molecular formula is C15H19NO5. The smallest absolute Gasteiger partial charge is 0.410 e. The number of rotatable bonds is 4. The normalized spacial score (nSPS) is 21.1. The average molecular weight is 293 g/mol. The molecule has 2 atom stereocenters. The summed E-state index contributed by atoms with van der Waals surface area (Å²) in [7, 11) is 0. The van der Waals surface area contributed by atoms with Gasteiger partial charge in [0, 0.05) is 6.42 Å². The fraction of sp³-hybridized carbons (Fsp3) is 0.467. The van der Waals surface area contributed by atoms with E-state index in [0.29, 0.717) is 0 Å². The van der Waals surface area contributed by atoms with Crippen molar-refractivity contribution in [2.24, 2.45) is 0 Å². The minimum Gasteiger partial charge on any atom is -0.464 e. The molecule has 21 heavy (non-hydrogen) atoms. The molecular weight excluding hydrogens is 274 g/mol. The number of hydrogen-bond acceptors (Lipinski definition) is 5. The Bertz CT molecular complexity index is 490. The number of aliphatic hydroxyl groups excluding tert-OH is 1. The number of β-amino-alcohol motifs (C(OH)–C–C–N with tert-alkyl or cyclic N) is 1. The van der Waals surface area contributed by atoms with Crippen LogP contribution in [0.3, 0.4) is 0 Å². The number of likely N-dealkylation sites (tertiary alicyclic amines) is 1. The van der Waals surface area contributed by atoms with Crippen LogP contribution in [0, 0.1) is 0 Å². The number of benzene rings is 1. The maximum absolute atomic E-state index is 12.1. The van der Waals surface area contributed by atoms with Crippen molar-refractivity contribution in [3.8, 4) is 0 Å². The molecule has 0 radical (unpaired) electrons. The number of carbonyl (C=O) groups is 2. The Kier molecular flexibility index (Phi) is 5.16. The summed E-state index contributed by atoms with van der Waals surface area (Å²) in [5, 5.41) is 9.66. The number of amides is 1. The zero-order valence-corrected chi connectivity index (χ0v) is 11.9. The number of hydrogen-bond donors (Lipinski definition) is 1. The van der Waals surface area contributed by atoms with Crippen LogP contribution in [0.15, 0.2) is 30.3 Å². The average Bonchev–Trinajstić information content (AvgIpc) is 2.88. The van der Waals surface area contributed by atoms with Gasteiger partial charge in [0.1, 0.15) is 12.6 Å². The van der Waals surface area contributed by atoms with Crippen molar-refractivity contribution in [1.29, 1.82) is 0 Å². The minimum atomic E-state index is -0.775. The summed E-state index contributed by atoms with van der Waals surface area (Å²) in [6.07, 6.45) is -1.17. The van der Waals surface area contributed by atoms with E-state index in [1.807, 2.05) is 30.3 Å². The summed E-state index contributed by atoms with van der Waals surface area (Å²) in [6, 6.07) is 8.49. The van der Waals surface area contributed by atoms with Crippen molar-refractivity contribution in [3.05, 3.63) is 35.9 Å². The Morgan fingerprint density at radius 3 is 2.67 bits per heavy atom. The van der Waals surface area contributed by atoms with E-state index in [9.17, 15) is 14.7 Å². The van der Waals surface area contributed by atoms with Crippen LogP contribution in [-0.4, -0.2) is 47.4 Å². The molecule has 1 aliphatic heterocycles. The number of carbonyl (C=O) groups excluding carboxylic acids is 2. The lowest BCUT2D eigenvalue weighted by molar-refractivity contribution is -0.148. The first-order valence-electron chi connectivity index (χ1n) is 6.93. The van der Waals surface area contributed by atoms with Crippen LogP contribution in [0.25, 0.3) is 0 Å². The molecule has 1 fully saturated rings. The molecule has 2 rings (SSSR count). The molecule has 1 N–H and O–H groups in total. The van der Waals surface area contributed by atoms with Gasteiger partial charge in [-0.15, -0.1) is 0 Å². The van der Waals surface area contributed by atoms with Crippen LogP contribution in [0.2, 0.25) is 0 Å². The van der Waals surface area contributed by atoms with Gasteiger partial charge in [-0.3, -0.25) is 4.90 Å². The monoisotopic (exact) mass is 293 g/mol. The molecule has 6 nitrogen and oxygen atoms in total. The first-order valence-corrected chi connectivity index (χ1v) is 6.93. The fourth-order valence-corrected chi connectivity index (χ4v) is 2.28. The Morgan fingerprint density at radius 2 is 2.00 bits per heavy atom. The molecule has 0 spiro atoms. The lowest BCUT2D eigenvalue weighted by atomic mass is 10.2. The highest BCUT2D eigenvalue weighted by Gasteiger charge is 2.40. The quantitative estimate of drug-likeness (QED) is 0.847. The Balaban J connectivity index is 1.94. The minimum absolute atomic E-state index is 0.0805. The lowest BCUT2D eigenvalue weighted by Crippen LogP contribution is -2.41. The predicted molar refractivity (Wildman–Crippen MR) is 74.4 cm³/mol. The zero-order valence-electron chi connectivity index (χ0n) is 11.9. The molecule has 114 valence electrons. The van der Waals surface area contributed by atoms with Gasteiger partial charge in [-0.2, -0.15) is 0 Å². The predicted octanol–water partition coefficient (Wildman–Crippen LogP) is 1.32. The van der Waals surface area contributed by atoms with Crippen LogP contribution in [0.5, 0.6) is 0 Å². The highest BCUT2D eigenvalue weighted by atomic mass is 16.6. The van der Waals surface area contributed by atoms with E-state index in [0.717, 1.165) is 5.56 Å². The fourth-order valence-electron chi connectivity index (χ4n) is 2.28. The molecule has 0 aliphatic carbocycles. The summed E-state index contributed by atoms with van der Waals surface area (Å²) in [5.41, 5.74) is 0.860. The highest BCUT2D eigenvalue weighted by molar-refractivity contribution is 5.82. The topological polar surface area (TPSA) is 76.1 Å². The van der Waals surface area contributed by atoms with E-state index < -0.39 is 24.2 Å². The molecule has 0 aromatic heterocycles. The van der Waals surface area contributed by atoms with Crippen LogP contribution in [0.4, 0.5) is 4.79 Å². The van der Waals surface area contributed by atoms with Gasteiger partial charge in [0.25, 0.3) is 0 Å². The van der Waals surface area contributed by atoms with E-state index in [1.165, 1.54) is 4.90 Å². The van der Waals surface area contributed by atoms with Gasteiger partial charge in [-0.25, -0.2) is 9.59 Å². The van der Waals surface area contributed by atoms with Crippen LogP contribution in [-0.2, 0) is 20.9 Å². The summed E-state index contributed by atoms with van der Waals surface area (Å²) in [6.45, 7) is 2.14. The second-order valence-corrected chi connectivity index (χ2v) is 4.85. The highest BCUT2D eigenvalue weighted by Crippen LogP contribution is 2.20. The van der Waals surface area contributed by atoms with Crippen LogP contribution in [0.1, 0.15) is 18.9 Å². The van der Waals surface area contributed by atoms with Crippen molar-refractivity contribution >= 4 is 12.1 Å². The molecule has 6 heteroatoms. The van der Waals surface area contributed by atoms with Gasteiger partial charge >= 0.3 is 12.1 Å². The molecule has 1 aliphatic rings. The standard InChI is InChI=1S/C15H19NO5/c1-2-20-14(18)13-8-12(17)9-16(13)15(19)21-10-11-6-4-3-5-7-11/h3-7,12-13,17H,2,8-10H2,1H3. The third kappa shape index (κ3) is 3.95. The number of nitrogens with zero attached hydrogens (tertiary/aromatic N) is 1. The van der Waals surface area contributed by atoms with E-state index in [1.54, 1.807) is 6.92 Å². The van der Waals surface area contributed by atoms with Crippen molar-refractivity contribution in [1.82, 2.24) is 4.90 Å². The molecule has 1 amide bonds. The van der Waals surface area contributed by atoms with E-state index in [-0.39, 0.29) is 26.2 Å². The van der Waals surface area contributed by atoms with Gasteiger partial charge in [-0.1, -0.05) is 30.3 Å².